The zero-order chi connectivity index (χ0) is 23.0. The number of carbonyl (C=O) groups excluding carboxylic acids is 1. The molecule has 0 bridgehead atoms. The lowest BCUT2D eigenvalue weighted by atomic mass is 9.97. The van der Waals surface area contributed by atoms with Crippen molar-refractivity contribution in [1.29, 1.82) is 0 Å². The Labute approximate surface area is 194 Å². The molecule has 0 amide bonds. The zero-order valence-electron chi connectivity index (χ0n) is 18.5. The van der Waals surface area contributed by atoms with Crippen molar-refractivity contribution >= 4 is 5.97 Å². The van der Waals surface area contributed by atoms with E-state index in [4.69, 9.17) is 4.84 Å². The van der Waals surface area contributed by atoms with Gasteiger partial charge in [0.05, 0.1) is 19.0 Å². The maximum absolute atomic E-state index is 14.8. The first-order chi connectivity index (χ1) is 16.1. The van der Waals surface area contributed by atoms with Gasteiger partial charge in [-0.15, -0.1) is 5.06 Å². The molecule has 0 saturated carbocycles. The standard InChI is InChI=1S/C29H26FNO2/c1-22(26-17-18-27(28(30)19-26)25-15-9-4-10-16-25)29(32)33-31(20-23-11-5-2-6-12-23)21-24-13-7-3-8-14-24/h2-19,22H,20-21H2,1H3/t22-/m0/s1. The fourth-order valence-corrected chi connectivity index (χ4v) is 3.69. The third-order valence-electron chi connectivity index (χ3n) is 5.55. The first kappa shape index (κ1) is 22.4. The van der Waals surface area contributed by atoms with Gasteiger partial charge >= 0.3 is 5.97 Å². The second-order valence-electron chi connectivity index (χ2n) is 8.01. The Morgan fingerprint density at radius 2 is 1.30 bits per heavy atom. The normalized spacial score (nSPS) is 11.8. The van der Waals surface area contributed by atoms with Gasteiger partial charge in [-0.2, -0.15) is 0 Å². The molecule has 166 valence electrons. The van der Waals surface area contributed by atoms with Crippen LogP contribution in [0.5, 0.6) is 0 Å². The molecule has 4 aromatic rings. The number of benzene rings is 4. The molecule has 0 aliphatic carbocycles. The monoisotopic (exact) mass is 439 g/mol. The molecule has 0 heterocycles. The van der Waals surface area contributed by atoms with Gasteiger partial charge in [0, 0.05) is 5.56 Å². The molecule has 0 aromatic heterocycles. The minimum absolute atomic E-state index is 0.358. The number of carbonyl (C=O) groups is 1. The summed E-state index contributed by atoms with van der Waals surface area (Å²) in [7, 11) is 0. The number of rotatable bonds is 8. The summed E-state index contributed by atoms with van der Waals surface area (Å²) in [6.45, 7) is 2.65. The third-order valence-corrected chi connectivity index (χ3v) is 5.55. The number of hydrogen-bond donors (Lipinski definition) is 0. The number of hydroxylamine groups is 2. The maximum Gasteiger partial charge on any atom is 0.332 e. The van der Waals surface area contributed by atoms with Crippen LogP contribution in [-0.2, 0) is 22.7 Å². The lowest BCUT2D eigenvalue weighted by Gasteiger charge is -2.23. The van der Waals surface area contributed by atoms with Crippen molar-refractivity contribution in [3.05, 3.63) is 132 Å². The fourth-order valence-electron chi connectivity index (χ4n) is 3.69. The van der Waals surface area contributed by atoms with Crippen molar-refractivity contribution in [2.75, 3.05) is 0 Å². The van der Waals surface area contributed by atoms with E-state index in [1.807, 2.05) is 91.0 Å². The molecule has 0 spiro atoms. The van der Waals surface area contributed by atoms with Gasteiger partial charge in [-0.05, 0) is 35.2 Å². The van der Waals surface area contributed by atoms with E-state index in [-0.39, 0.29) is 5.82 Å². The van der Waals surface area contributed by atoms with Gasteiger partial charge in [-0.25, -0.2) is 9.18 Å². The molecule has 1 atom stereocenters. The van der Waals surface area contributed by atoms with E-state index in [0.29, 0.717) is 24.2 Å². The molecule has 0 radical (unpaired) electrons. The summed E-state index contributed by atoms with van der Waals surface area (Å²) in [5.41, 5.74) is 3.96. The van der Waals surface area contributed by atoms with Gasteiger partial charge in [0.25, 0.3) is 0 Å². The Morgan fingerprint density at radius 3 is 1.82 bits per heavy atom. The number of halogens is 1. The average molecular weight is 440 g/mol. The van der Waals surface area contributed by atoms with E-state index in [0.717, 1.165) is 16.7 Å². The van der Waals surface area contributed by atoms with Gasteiger partial charge in [0.2, 0.25) is 0 Å². The number of nitrogens with zero attached hydrogens (tertiary/aromatic N) is 1. The van der Waals surface area contributed by atoms with E-state index in [9.17, 15) is 9.18 Å². The second kappa shape index (κ2) is 10.7. The highest BCUT2D eigenvalue weighted by Gasteiger charge is 2.22. The lowest BCUT2D eigenvalue weighted by molar-refractivity contribution is -0.198. The van der Waals surface area contributed by atoms with Crippen molar-refractivity contribution < 1.29 is 14.0 Å². The van der Waals surface area contributed by atoms with Crippen molar-refractivity contribution in [2.24, 2.45) is 0 Å². The molecular formula is C29H26FNO2. The van der Waals surface area contributed by atoms with E-state index in [1.54, 1.807) is 24.1 Å². The van der Waals surface area contributed by atoms with Crippen LogP contribution in [0.15, 0.2) is 109 Å². The minimum atomic E-state index is -0.613. The molecule has 0 fully saturated rings. The molecule has 0 saturated heterocycles. The van der Waals surface area contributed by atoms with E-state index in [1.165, 1.54) is 6.07 Å². The highest BCUT2D eigenvalue weighted by Crippen LogP contribution is 2.27. The Morgan fingerprint density at radius 1 is 0.788 bits per heavy atom. The van der Waals surface area contributed by atoms with Crippen LogP contribution in [0.4, 0.5) is 4.39 Å². The molecule has 0 aliphatic rings. The molecule has 4 aromatic carbocycles. The first-order valence-electron chi connectivity index (χ1n) is 11.0. The topological polar surface area (TPSA) is 29.5 Å². The van der Waals surface area contributed by atoms with Crippen molar-refractivity contribution in [3.63, 3.8) is 0 Å². The molecule has 33 heavy (non-hydrogen) atoms. The maximum atomic E-state index is 14.8. The highest BCUT2D eigenvalue weighted by atomic mass is 19.1. The van der Waals surface area contributed by atoms with E-state index < -0.39 is 11.9 Å². The predicted molar refractivity (Wildman–Crippen MR) is 128 cm³/mol. The fraction of sp³-hybridized carbons (Fsp3) is 0.138. The summed E-state index contributed by atoms with van der Waals surface area (Å²) in [5.74, 6) is -1.39. The minimum Gasteiger partial charge on any atom is -0.367 e. The van der Waals surface area contributed by atoms with Crippen molar-refractivity contribution in [2.45, 2.75) is 25.9 Å². The first-order valence-corrected chi connectivity index (χ1v) is 11.0. The predicted octanol–water partition coefficient (Wildman–Crippen LogP) is 6.76. The Balaban J connectivity index is 1.50. The molecular weight excluding hydrogens is 413 g/mol. The van der Waals surface area contributed by atoms with Crippen molar-refractivity contribution in [1.82, 2.24) is 5.06 Å². The highest BCUT2D eigenvalue weighted by molar-refractivity contribution is 5.78. The SMILES string of the molecule is C[C@H](C(=O)ON(Cc1ccccc1)Cc1ccccc1)c1ccc(-c2ccccc2)c(F)c1. The molecule has 3 nitrogen and oxygen atoms in total. The Hall–Kier alpha value is -3.76. The van der Waals surface area contributed by atoms with E-state index in [2.05, 4.69) is 0 Å². The van der Waals surface area contributed by atoms with Crippen LogP contribution < -0.4 is 0 Å². The largest absolute Gasteiger partial charge is 0.367 e. The van der Waals surface area contributed by atoms with Crippen molar-refractivity contribution in [3.8, 4) is 11.1 Å². The Bertz CT molecular complexity index is 1140. The molecule has 4 rings (SSSR count). The van der Waals surface area contributed by atoms with Crippen LogP contribution in [-0.4, -0.2) is 11.0 Å². The van der Waals surface area contributed by atoms with Gasteiger partial charge in [0.1, 0.15) is 5.82 Å². The summed E-state index contributed by atoms with van der Waals surface area (Å²) < 4.78 is 14.8. The van der Waals surface area contributed by atoms with Gasteiger partial charge in [-0.1, -0.05) is 103 Å². The molecule has 0 aliphatic heterocycles. The summed E-state index contributed by atoms with van der Waals surface area (Å²) in [4.78, 5) is 18.8. The summed E-state index contributed by atoms with van der Waals surface area (Å²) in [5, 5.41) is 1.65. The van der Waals surface area contributed by atoms with Crippen LogP contribution in [0.25, 0.3) is 11.1 Å². The van der Waals surface area contributed by atoms with Crippen LogP contribution in [0.1, 0.15) is 29.5 Å². The summed E-state index contributed by atoms with van der Waals surface area (Å²) >= 11 is 0. The third kappa shape index (κ3) is 5.93. The molecule has 4 heteroatoms. The summed E-state index contributed by atoms with van der Waals surface area (Å²) in [6, 6.07) is 34.0. The molecule has 0 unspecified atom stereocenters. The number of hydrogen-bond acceptors (Lipinski definition) is 3. The quantitative estimate of drug-likeness (QED) is 0.284. The van der Waals surface area contributed by atoms with E-state index >= 15 is 0 Å². The smallest absolute Gasteiger partial charge is 0.332 e. The van der Waals surface area contributed by atoms with Crippen LogP contribution in [0, 0.1) is 5.82 Å². The van der Waals surface area contributed by atoms with Crippen LogP contribution in [0.3, 0.4) is 0 Å². The average Bonchev–Trinajstić information content (AvgIpc) is 2.85. The summed E-state index contributed by atoms with van der Waals surface area (Å²) in [6.07, 6.45) is 0. The Kier molecular flexibility index (Phi) is 7.28. The van der Waals surface area contributed by atoms with Crippen LogP contribution >= 0.6 is 0 Å². The second-order valence-corrected chi connectivity index (χ2v) is 8.01. The molecule has 0 N–H and O–H groups in total. The van der Waals surface area contributed by atoms with Gasteiger partial charge in [-0.3, -0.25) is 0 Å². The lowest BCUT2D eigenvalue weighted by Crippen LogP contribution is -2.29. The van der Waals surface area contributed by atoms with Gasteiger partial charge < -0.3 is 4.84 Å². The van der Waals surface area contributed by atoms with Gasteiger partial charge in [0.15, 0.2) is 0 Å². The zero-order valence-corrected chi connectivity index (χ0v) is 18.5. The van der Waals surface area contributed by atoms with Crippen LogP contribution in [0.2, 0.25) is 0 Å².